The van der Waals surface area contributed by atoms with Crippen molar-refractivity contribution < 1.29 is 9.18 Å². The number of carbonyl (C=O) groups is 1. The zero-order valence-corrected chi connectivity index (χ0v) is 13.0. The van der Waals surface area contributed by atoms with Crippen molar-refractivity contribution in [2.45, 2.75) is 56.4 Å². The molecule has 1 saturated carbocycles. The Balaban J connectivity index is 1.70. The molecule has 0 spiro atoms. The van der Waals surface area contributed by atoms with Crippen LogP contribution in [0, 0.1) is 5.82 Å². The van der Waals surface area contributed by atoms with Gasteiger partial charge in [-0.15, -0.1) is 0 Å². The van der Waals surface area contributed by atoms with Crippen LogP contribution in [-0.2, 0) is 10.2 Å². The lowest BCUT2D eigenvalue weighted by atomic mass is 9.78. The second kappa shape index (κ2) is 6.78. The monoisotopic (exact) mass is 304 g/mol. The van der Waals surface area contributed by atoms with Crippen LogP contribution in [0.5, 0.6) is 0 Å². The molecule has 0 aromatic heterocycles. The first-order valence-electron chi connectivity index (χ1n) is 8.45. The Kier molecular flexibility index (Phi) is 4.77. The van der Waals surface area contributed by atoms with Gasteiger partial charge in [0.25, 0.3) is 0 Å². The van der Waals surface area contributed by atoms with Crippen molar-refractivity contribution in [1.29, 1.82) is 0 Å². The van der Waals surface area contributed by atoms with Crippen LogP contribution in [0.1, 0.15) is 50.5 Å². The lowest BCUT2D eigenvalue weighted by Crippen LogP contribution is -2.42. The summed E-state index contributed by atoms with van der Waals surface area (Å²) in [4.78, 5) is 11.4. The minimum Gasteiger partial charge on any atom is -0.356 e. The molecule has 3 nitrogen and oxygen atoms in total. The molecule has 0 radical (unpaired) electrons. The topological polar surface area (TPSA) is 41.1 Å². The Hall–Kier alpha value is -1.42. The minimum atomic E-state index is -0.0797. The zero-order chi connectivity index (χ0) is 15.4. The van der Waals surface area contributed by atoms with Gasteiger partial charge in [0.05, 0.1) is 0 Å². The molecular formula is C18H25FN2O. The van der Waals surface area contributed by atoms with E-state index in [1.807, 2.05) is 12.1 Å². The lowest BCUT2D eigenvalue weighted by Gasteiger charge is -2.32. The Labute approximate surface area is 131 Å². The normalized spacial score (nSPS) is 24.8. The largest absolute Gasteiger partial charge is 0.356 e. The molecule has 22 heavy (non-hydrogen) atoms. The summed E-state index contributed by atoms with van der Waals surface area (Å²) in [6.45, 7) is 1.55. The average molecular weight is 304 g/mol. The average Bonchev–Trinajstić information content (AvgIpc) is 2.90. The smallest absolute Gasteiger partial charge is 0.220 e. The van der Waals surface area contributed by atoms with E-state index in [0.29, 0.717) is 12.5 Å². The van der Waals surface area contributed by atoms with Crippen LogP contribution >= 0.6 is 0 Å². The molecule has 120 valence electrons. The molecule has 4 heteroatoms. The number of amides is 1. The predicted octanol–water partition coefficient (Wildman–Crippen LogP) is 2.90. The summed E-state index contributed by atoms with van der Waals surface area (Å²) in [5.74, 6) is 0.0675. The van der Waals surface area contributed by atoms with E-state index in [4.69, 9.17) is 0 Å². The van der Waals surface area contributed by atoms with Crippen LogP contribution in [0.15, 0.2) is 24.3 Å². The van der Waals surface area contributed by atoms with Crippen LogP contribution in [0.4, 0.5) is 4.39 Å². The molecule has 1 amide bonds. The van der Waals surface area contributed by atoms with E-state index < -0.39 is 0 Å². The van der Waals surface area contributed by atoms with Crippen molar-refractivity contribution in [2.75, 3.05) is 13.1 Å². The second-order valence-corrected chi connectivity index (χ2v) is 6.72. The summed E-state index contributed by atoms with van der Waals surface area (Å²) in [7, 11) is 0. The van der Waals surface area contributed by atoms with E-state index in [-0.39, 0.29) is 17.1 Å². The SMILES string of the molecule is O=C1CC[C@H](NCC2(c3ccccc3F)CCCC2)CCN1. The summed E-state index contributed by atoms with van der Waals surface area (Å²) in [6, 6.07) is 7.57. The highest BCUT2D eigenvalue weighted by Gasteiger charge is 2.37. The van der Waals surface area contributed by atoms with Gasteiger partial charge < -0.3 is 10.6 Å². The predicted molar refractivity (Wildman–Crippen MR) is 85.2 cm³/mol. The standard InChI is InChI=1S/C18H25FN2O/c19-16-6-2-1-5-15(16)18(10-3-4-11-18)13-21-14-7-8-17(22)20-12-9-14/h1-2,5-6,14,21H,3-4,7-13H2,(H,20,22)/t14-/m0/s1. The molecule has 2 aliphatic rings. The van der Waals surface area contributed by atoms with E-state index in [1.165, 1.54) is 12.8 Å². The number of halogens is 1. The summed E-state index contributed by atoms with van der Waals surface area (Å²) in [5.41, 5.74) is 0.789. The highest BCUT2D eigenvalue weighted by atomic mass is 19.1. The molecule has 0 unspecified atom stereocenters. The van der Waals surface area contributed by atoms with Crippen LogP contribution in [0.3, 0.4) is 0 Å². The van der Waals surface area contributed by atoms with E-state index in [1.54, 1.807) is 12.1 Å². The maximum Gasteiger partial charge on any atom is 0.220 e. The van der Waals surface area contributed by atoms with E-state index in [0.717, 1.165) is 44.3 Å². The lowest BCUT2D eigenvalue weighted by molar-refractivity contribution is -0.120. The third-order valence-corrected chi connectivity index (χ3v) is 5.27. The first-order chi connectivity index (χ1) is 10.7. The zero-order valence-electron chi connectivity index (χ0n) is 13.0. The molecule has 2 N–H and O–H groups in total. The van der Waals surface area contributed by atoms with Gasteiger partial charge in [0, 0.05) is 31.0 Å². The molecule has 2 fully saturated rings. The van der Waals surface area contributed by atoms with Crippen molar-refractivity contribution in [3.8, 4) is 0 Å². The Morgan fingerprint density at radius 1 is 1.23 bits per heavy atom. The van der Waals surface area contributed by atoms with Crippen molar-refractivity contribution in [3.63, 3.8) is 0 Å². The quantitative estimate of drug-likeness (QED) is 0.898. The van der Waals surface area contributed by atoms with Crippen molar-refractivity contribution in [2.24, 2.45) is 0 Å². The third kappa shape index (κ3) is 3.32. The maximum atomic E-state index is 14.3. The van der Waals surface area contributed by atoms with Crippen molar-refractivity contribution in [3.05, 3.63) is 35.6 Å². The summed E-state index contributed by atoms with van der Waals surface area (Å²) in [5, 5.41) is 6.55. The fourth-order valence-electron chi connectivity index (χ4n) is 3.95. The number of hydrogen-bond acceptors (Lipinski definition) is 2. The first-order valence-corrected chi connectivity index (χ1v) is 8.45. The molecule has 1 aromatic carbocycles. The van der Waals surface area contributed by atoms with Crippen LogP contribution in [0.25, 0.3) is 0 Å². The molecule has 1 heterocycles. The van der Waals surface area contributed by atoms with E-state index >= 15 is 0 Å². The minimum absolute atomic E-state index is 0.0743. The Bertz CT molecular complexity index is 526. The van der Waals surface area contributed by atoms with Crippen molar-refractivity contribution >= 4 is 5.91 Å². The summed E-state index contributed by atoms with van der Waals surface area (Å²) in [6.07, 6.45) is 6.85. The van der Waals surface area contributed by atoms with Gasteiger partial charge in [0.1, 0.15) is 5.82 Å². The van der Waals surface area contributed by atoms with Gasteiger partial charge in [-0.3, -0.25) is 4.79 Å². The summed E-state index contributed by atoms with van der Waals surface area (Å²) >= 11 is 0. The van der Waals surface area contributed by atoms with E-state index in [2.05, 4.69) is 10.6 Å². The molecule has 0 bridgehead atoms. The molecule has 3 rings (SSSR count). The molecule has 1 aromatic rings. The van der Waals surface area contributed by atoms with Gasteiger partial charge >= 0.3 is 0 Å². The number of hydrogen-bond donors (Lipinski definition) is 2. The highest BCUT2D eigenvalue weighted by Crippen LogP contribution is 2.41. The maximum absolute atomic E-state index is 14.3. The number of rotatable bonds is 4. The van der Waals surface area contributed by atoms with Gasteiger partial charge in [-0.25, -0.2) is 4.39 Å². The van der Waals surface area contributed by atoms with Gasteiger partial charge in [0.2, 0.25) is 5.91 Å². The number of carbonyl (C=O) groups excluding carboxylic acids is 1. The van der Waals surface area contributed by atoms with Gasteiger partial charge in [-0.05, 0) is 37.3 Å². The second-order valence-electron chi connectivity index (χ2n) is 6.72. The van der Waals surface area contributed by atoms with Gasteiger partial charge in [-0.2, -0.15) is 0 Å². The Morgan fingerprint density at radius 2 is 2.00 bits per heavy atom. The molecule has 1 saturated heterocycles. The fraction of sp³-hybridized carbons (Fsp3) is 0.611. The van der Waals surface area contributed by atoms with E-state index in [9.17, 15) is 9.18 Å². The molecule has 1 atom stereocenters. The van der Waals surface area contributed by atoms with Crippen LogP contribution in [0.2, 0.25) is 0 Å². The summed E-state index contributed by atoms with van der Waals surface area (Å²) < 4.78 is 14.3. The molecular weight excluding hydrogens is 279 g/mol. The molecule has 1 aliphatic carbocycles. The van der Waals surface area contributed by atoms with Crippen molar-refractivity contribution in [1.82, 2.24) is 10.6 Å². The third-order valence-electron chi connectivity index (χ3n) is 5.27. The van der Waals surface area contributed by atoms with Gasteiger partial charge in [-0.1, -0.05) is 31.0 Å². The number of benzene rings is 1. The van der Waals surface area contributed by atoms with Crippen LogP contribution < -0.4 is 10.6 Å². The molecule has 1 aliphatic heterocycles. The fourth-order valence-corrected chi connectivity index (χ4v) is 3.95. The highest BCUT2D eigenvalue weighted by molar-refractivity contribution is 5.76. The van der Waals surface area contributed by atoms with Gasteiger partial charge in [0.15, 0.2) is 0 Å². The van der Waals surface area contributed by atoms with Crippen LogP contribution in [-0.4, -0.2) is 25.0 Å². The number of nitrogens with one attached hydrogen (secondary N) is 2. The first kappa shape index (κ1) is 15.5. The Morgan fingerprint density at radius 3 is 2.77 bits per heavy atom.